The number of nitrogens with one attached hydrogen (secondary N) is 1. The summed E-state index contributed by atoms with van der Waals surface area (Å²) in [6.45, 7) is 0. The van der Waals surface area contributed by atoms with Gasteiger partial charge in [-0.2, -0.15) is 44.8 Å². The third-order valence-electron chi connectivity index (χ3n) is 5.96. The number of halogens is 12. The van der Waals surface area contributed by atoms with E-state index in [4.69, 9.17) is 5.26 Å². The molecule has 0 bridgehead atoms. The highest BCUT2D eigenvalue weighted by Gasteiger charge is 2.73. The molecule has 0 aliphatic heterocycles. The molecule has 0 aliphatic carbocycles. The van der Waals surface area contributed by atoms with Crippen LogP contribution >= 0.6 is 15.9 Å². The molecule has 228 valence electrons. The van der Waals surface area contributed by atoms with Gasteiger partial charge >= 0.3 is 24.2 Å². The molecule has 0 atom stereocenters. The van der Waals surface area contributed by atoms with Crippen molar-refractivity contribution in [1.82, 2.24) is 0 Å². The molecule has 1 N–H and O–H groups in total. The van der Waals surface area contributed by atoms with Crippen molar-refractivity contribution in [2.45, 2.75) is 24.2 Å². The van der Waals surface area contributed by atoms with Crippen LogP contribution in [0.2, 0.25) is 0 Å². The van der Waals surface area contributed by atoms with Crippen molar-refractivity contribution in [1.29, 1.82) is 5.26 Å². The van der Waals surface area contributed by atoms with Crippen molar-refractivity contribution < 1.29 is 57.9 Å². The molecule has 3 rings (SSSR count). The first-order chi connectivity index (χ1) is 19.6. The molecule has 0 spiro atoms. The minimum absolute atomic E-state index is 0.0174. The van der Waals surface area contributed by atoms with E-state index in [1.54, 1.807) is 5.32 Å². The van der Waals surface area contributed by atoms with Gasteiger partial charge in [0.15, 0.2) is 5.82 Å². The highest BCUT2D eigenvalue weighted by molar-refractivity contribution is 9.10. The standard InChI is InChI=1S/C26H13BrF11N3O2/c1-41(22(43)13-7-5-12(11-39)6-8-13)18-4-2-3-15(19(18)28)21(42)40-20-16(24(30,31)32)9-14(10-17(20)27)23(29,25(33,34)35)26(36,37)38/h2-10H,1H3,(H,40,42). The molecule has 43 heavy (non-hydrogen) atoms. The molecular formula is C26H13BrF11N3O2. The normalized spacial score (nSPS) is 12.5. The summed E-state index contributed by atoms with van der Waals surface area (Å²) in [5.41, 5.74) is -13.8. The third kappa shape index (κ3) is 6.28. The Labute approximate surface area is 242 Å². The number of carbonyl (C=O) groups is 2. The minimum Gasteiger partial charge on any atom is -0.320 e. The van der Waals surface area contributed by atoms with E-state index in [9.17, 15) is 53.5 Å². The molecule has 5 nitrogen and oxygen atoms in total. The number of benzene rings is 3. The predicted octanol–water partition coefficient (Wildman–Crippen LogP) is 8.30. The summed E-state index contributed by atoms with van der Waals surface area (Å²) in [5.74, 6) is -3.93. The molecule has 0 aromatic heterocycles. The number of rotatable bonds is 5. The van der Waals surface area contributed by atoms with Crippen LogP contribution in [0.4, 0.5) is 59.7 Å². The van der Waals surface area contributed by atoms with Gasteiger partial charge in [-0.1, -0.05) is 6.07 Å². The first-order valence-electron chi connectivity index (χ1n) is 11.3. The first-order valence-corrected chi connectivity index (χ1v) is 12.1. The van der Waals surface area contributed by atoms with E-state index in [0.29, 0.717) is 0 Å². The summed E-state index contributed by atoms with van der Waals surface area (Å²) in [6, 6.07) is 8.70. The number of nitrogens with zero attached hydrogens (tertiary/aromatic N) is 2. The highest BCUT2D eigenvalue weighted by atomic mass is 79.9. The van der Waals surface area contributed by atoms with Crippen LogP contribution in [0.15, 0.2) is 59.1 Å². The monoisotopic (exact) mass is 687 g/mol. The van der Waals surface area contributed by atoms with Gasteiger partial charge in [0.25, 0.3) is 11.8 Å². The van der Waals surface area contributed by atoms with Crippen molar-refractivity contribution in [3.05, 3.63) is 92.7 Å². The maximum atomic E-state index is 15.4. The molecule has 0 saturated carbocycles. The van der Waals surface area contributed by atoms with Crippen LogP contribution in [0, 0.1) is 17.1 Å². The lowest BCUT2D eigenvalue weighted by molar-refractivity contribution is -0.348. The molecule has 3 aromatic carbocycles. The maximum Gasteiger partial charge on any atom is 0.435 e. The first kappa shape index (κ1) is 33.3. The third-order valence-corrected chi connectivity index (χ3v) is 6.59. The Morgan fingerprint density at radius 1 is 0.884 bits per heavy atom. The Kier molecular flexibility index (Phi) is 8.89. The van der Waals surface area contributed by atoms with Crippen LogP contribution in [-0.2, 0) is 11.8 Å². The Bertz CT molecular complexity index is 1600. The van der Waals surface area contributed by atoms with E-state index in [2.05, 4.69) is 15.9 Å². The second-order valence-corrected chi connectivity index (χ2v) is 9.53. The van der Waals surface area contributed by atoms with E-state index in [-0.39, 0.29) is 17.2 Å². The number of alkyl halides is 10. The van der Waals surface area contributed by atoms with E-state index in [0.717, 1.165) is 30.1 Å². The Balaban J connectivity index is 2.06. The quantitative estimate of drug-likeness (QED) is 0.274. The average Bonchev–Trinajstić information content (AvgIpc) is 2.90. The summed E-state index contributed by atoms with van der Waals surface area (Å²) in [5, 5.41) is 10.4. The van der Waals surface area contributed by atoms with Crippen molar-refractivity contribution in [2.24, 2.45) is 0 Å². The highest BCUT2D eigenvalue weighted by Crippen LogP contribution is 2.55. The number of hydrogen-bond acceptors (Lipinski definition) is 3. The summed E-state index contributed by atoms with van der Waals surface area (Å²) in [7, 11) is 1.09. The summed E-state index contributed by atoms with van der Waals surface area (Å²) < 4.78 is 149. The second-order valence-electron chi connectivity index (χ2n) is 8.68. The number of anilines is 2. The minimum atomic E-state index is -6.73. The van der Waals surface area contributed by atoms with E-state index >= 15 is 4.39 Å². The van der Waals surface area contributed by atoms with Gasteiger partial charge in [0.05, 0.1) is 34.1 Å². The topological polar surface area (TPSA) is 73.2 Å². The van der Waals surface area contributed by atoms with Gasteiger partial charge in [0.1, 0.15) is 0 Å². The molecular weight excluding hydrogens is 675 g/mol. The number of amides is 2. The molecule has 0 heterocycles. The molecule has 0 unspecified atom stereocenters. The number of nitriles is 1. The van der Waals surface area contributed by atoms with Gasteiger partial charge in [-0.3, -0.25) is 9.59 Å². The molecule has 17 heteroatoms. The van der Waals surface area contributed by atoms with Crippen LogP contribution in [-0.4, -0.2) is 31.2 Å². The van der Waals surface area contributed by atoms with E-state index < -0.39 is 80.4 Å². The molecule has 0 aliphatic rings. The largest absolute Gasteiger partial charge is 0.435 e. The van der Waals surface area contributed by atoms with Gasteiger partial charge in [-0.25, -0.2) is 8.78 Å². The zero-order valence-corrected chi connectivity index (χ0v) is 22.5. The lowest BCUT2D eigenvalue weighted by atomic mass is 9.92. The zero-order valence-electron chi connectivity index (χ0n) is 20.9. The van der Waals surface area contributed by atoms with Gasteiger partial charge in [-0.05, 0) is 64.5 Å². The van der Waals surface area contributed by atoms with Crippen molar-refractivity contribution >= 4 is 39.1 Å². The van der Waals surface area contributed by atoms with Crippen LogP contribution < -0.4 is 10.2 Å². The van der Waals surface area contributed by atoms with E-state index in [1.807, 2.05) is 6.07 Å². The second kappa shape index (κ2) is 11.5. The molecule has 0 fully saturated rings. The fourth-order valence-corrected chi connectivity index (χ4v) is 4.33. The lowest BCUT2D eigenvalue weighted by Crippen LogP contribution is -2.50. The van der Waals surface area contributed by atoms with Gasteiger partial charge in [0, 0.05) is 22.6 Å². The van der Waals surface area contributed by atoms with Crippen molar-refractivity contribution in [3.63, 3.8) is 0 Å². The van der Waals surface area contributed by atoms with Gasteiger partial charge < -0.3 is 10.2 Å². The van der Waals surface area contributed by atoms with Gasteiger partial charge in [0.2, 0.25) is 0 Å². The molecule has 0 radical (unpaired) electrons. The van der Waals surface area contributed by atoms with Crippen LogP contribution in [0.3, 0.4) is 0 Å². The fourth-order valence-electron chi connectivity index (χ4n) is 3.77. The van der Waals surface area contributed by atoms with Gasteiger partial charge in [-0.15, -0.1) is 0 Å². The smallest absolute Gasteiger partial charge is 0.320 e. The number of carbonyl (C=O) groups excluding carboxylic acids is 2. The summed E-state index contributed by atoms with van der Waals surface area (Å²) in [6.07, 6.45) is -19.2. The van der Waals surface area contributed by atoms with Crippen LogP contribution in [0.1, 0.15) is 37.4 Å². The lowest BCUT2D eigenvalue weighted by Gasteiger charge is -2.31. The van der Waals surface area contributed by atoms with Crippen molar-refractivity contribution in [2.75, 3.05) is 17.3 Å². The molecule has 0 saturated heterocycles. The Morgan fingerprint density at radius 2 is 1.44 bits per heavy atom. The predicted molar refractivity (Wildman–Crippen MR) is 132 cm³/mol. The SMILES string of the molecule is CN(C(=O)c1ccc(C#N)cc1)c1cccc(C(=O)Nc2c(Br)cc(C(F)(C(F)(F)F)C(F)(F)F)cc2C(F)(F)F)c1F. The van der Waals surface area contributed by atoms with Crippen LogP contribution in [0.5, 0.6) is 0 Å². The fraction of sp³-hybridized carbons (Fsp3) is 0.192. The Morgan fingerprint density at radius 3 is 1.93 bits per heavy atom. The molecule has 3 aromatic rings. The van der Waals surface area contributed by atoms with Crippen molar-refractivity contribution in [3.8, 4) is 6.07 Å². The number of hydrogen-bond donors (Lipinski definition) is 1. The zero-order chi connectivity index (χ0) is 32.7. The van der Waals surface area contributed by atoms with E-state index in [1.165, 1.54) is 24.3 Å². The molecule has 2 amide bonds. The average molecular weight is 688 g/mol. The summed E-state index contributed by atoms with van der Waals surface area (Å²) in [4.78, 5) is 26.4. The Hall–Kier alpha value is -4.20. The maximum absolute atomic E-state index is 15.4. The van der Waals surface area contributed by atoms with Crippen LogP contribution in [0.25, 0.3) is 0 Å². The summed E-state index contributed by atoms with van der Waals surface area (Å²) >= 11 is 2.35.